The summed E-state index contributed by atoms with van der Waals surface area (Å²) >= 11 is 6.31. The van der Waals surface area contributed by atoms with Gasteiger partial charge in [-0.2, -0.15) is 5.26 Å². The second-order valence-corrected chi connectivity index (χ2v) is 18.3. The number of benzene rings is 3. The summed E-state index contributed by atoms with van der Waals surface area (Å²) in [5.74, 6) is 0.525. The third-order valence-electron chi connectivity index (χ3n) is 9.68. The molecular weight excluding hydrogens is 825 g/mol. The van der Waals surface area contributed by atoms with E-state index in [9.17, 15) is 9.90 Å². The maximum Gasteiger partial charge on any atom is 0.346 e. The Labute approximate surface area is 367 Å². The molecule has 306 valence electrons. The van der Waals surface area contributed by atoms with E-state index < -0.39 is 5.97 Å². The Morgan fingerprint density at radius 3 is 1.60 bits per heavy atom. The van der Waals surface area contributed by atoms with Crippen molar-refractivity contribution in [2.45, 2.75) is 65.2 Å². The number of unbranched alkanes of at least 4 members (excludes halogenated alkanes) is 6. The predicted molar refractivity (Wildman–Crippen MR) is 250 cm³/mol. The minimum atomic E-state index is -1.24. The van der Waals surface area contributed by atoms with E-state index in [0.29, 0.717) is 4.88 Å². The summed E-state index contributed by atoms with van der Waals surface area (Å²) in [6, 6.07) is 35.2. The Morgan fingerprint density at radius 2 is 1.10 bits per heavy atom. The van der Waals surface area contributed by atoms with Crippen molar-refractivity contribution < 1.29 is 19.4 Å². The molecule has 7 aromatic rings. The van der Waals surface area contributed by atoms with E-state index >= 15 is 0 Å². The molecular formula is C48H46N4O4S4. The van der Waals surface area contributed by atoms with Crippen LogP contribution in [0.1, 0.15) is 70.1 Å². The molecule has 0 unspecified atom stereocenters. The van der Waals surface area contributed by atoms with Crippen LogP contribution in [0.15, 0.2) is 115 Å². The second-order valence-electron chi connectivity index (χ2n) is 14.1. The highest BCUT2D eigenvalue weighted by molar-refractivity contribution is 7.28. The zero-order valence-corrected chi connectivity index (χ0v) is 36.9. The van der Waals surface area contributed by atoms with E-state index in [1.165, 1.54) is 55.9 Å². The molecule has 0 amide bonds. The van der Waals surface area contributed by atoms with Gasteiger partial charge in [0.2, 0.25) is 0 Å². The number of thiazole rings is 2. The maximum absolute atomic E-state index is 11.3. The molecule has 4 aromatic heterocycles. The quantitative estimate of drug-likeness (QED) is 0.0432. The number of hydrogen-bond donors (Lipinski definition) is 1. The van der Waals surface area contributed by atoms with Gasteiger partial charge in [-0.05, 0) is 109 Å². The summed E-state index contributed by atoms with van der Waals surface area (Å²) in [7, 11) is 0. The number of nitriles is 1. The van der Waals surface area contributed by atoms with Gasteiger partial charge in [0, 0.05) is 39.2 Å². The van der Waals surface area contributed by atoms with Crippen LogP contribution in [0.3, 0.4) is 0 Å². The molecule has 0 fully saturated rings. The van der Waals surface area contributed by atoms with Gasteiger partial charge in [-0.3, -0.25) is 0 Å². The van der Waals surface area contributed by atoms with E-state index in [2.05, 4.69) is 109 Å². The van der Waals surface area contributed by atoms with Crippen LogP contribution in [0.5, 0.6) is 11.5 Å². The van der Waals surface area contributed by atoms with Gasteiger partial charge in [-0.1, -0.05) is 64.5 Å². The fourth-order valence-corrected chi connectivity index (χ4v) is 10.5. The Hall–Kier alpha value is -5.58. The maximum atomic E-state index is 11.3. The second kappa shape index (κ2) is 21.1. The molecule has 1 N–H and O–H groups in total. The van der Waals surface area contributed by atoms with Crippen molar-refractivity contribution in [2.75, 3.05) is 18.1 Å². The molecule has 4 heterocycles. The standard InChI is InChI=1S/C48H46N4O4S4/c1-3-5-7-9-27-55-38-19-15-36(16-20-38)52(37-17-21-39(22-18-37)56-28-10-8-6-4-2)35-13-11-33(12-14-35)41-25-26-43(58-41)47-51-32-45(60-47)44-31-50-46(59-44)42-24-23-40(57-42)29-34(30-49)48(53)54/h11-26,29,31-32H,3-10,27-28H2,1-2H3,(H,53,54)/b34-29-. The number of thiophene rings is 2. The Bertz CT molecular complexity index is 2470. The number of rotatable bonds is 21. The highest BCUT2D eigenvalue weighted by atomic mass is 32.1. The third kappa shape index (κ3) is 11.0. The molecule has 0 aliphatic carbocycles. The first kappa shape index (κ1) is 42.5. The third-order valence-corrected chi connectivity index (χ3v) is 14.4. The number of hydrogen-bond acceptors (Lipinski definition) is 11. The molecule has 7 rings (SSSR count). The van der Waals surface area contributed by atoms with Crippen LogP contribution in [0.2, 0.25) is 0 Å². The summed E-state index contributed by atoms with van der Waals surface area (Å²) < 4.78 is 12.1. The van der Waals surface area contributed by atoms with Gasteiger partial charge in [-0.15, -0.1) is 45.3 Å². The van der Waals surface area contributed by atoms with E-state index in [4.69, 9.17) is 19.7 Å². The summed E-state index contributed by atoms with van der Waals surface area (Å²) in [6.07, 6.45) is 14.5. The van der Waals surface area contributed by atoms with Crippen LogP contribution in [0, 0.1) is 11.3 Å². The summed E-state index contributed by atoms with van der Waals surface area (Å²) in [6.45, 7) is 5.90. The SMILES string of the molecule is CCCCCCOc1ccc(N(c2ccc(OCCCCCC)cc2)c2ccc(-c3ccc(-c4ncc(-c5cnc(-c6ccc(/C=C(/C#N)C(=O)O)s6)s5)s4)s3)cc2)cc1. The Balaban J connectivity index is 1.05. The van der Waals surface area contributed by atoms with Gasteiger partial charge in [0.15, 0.2) is 0 Å². The molecule has 0 radical (unpaired) electrons. The summed E-state index contributed by atoms with van der Waals surface area (Å²) in [4.78, 5) is 28.8. The average Bonchev–Trinajstić information content (AvgIpc) is 4.12. The number of carboxylic acid groups (broad SMARTS) is 1. The van der Waals surface area contributed by atoms with Crippen LogP contribution in [-0.2, 0) is 4.79 Å². The fourth-order valence-electron chi connectivity index (χ4n) is 6.48. The predicted octanol–water partition coefficient (Wildman–Crippen LogP) is 14.8. The molecule has 0 saturated carbocycles. The van der Waals surface area contributed by atoms with Crippen molar-refractivity contribution in [3.63, 3.8) is 0 Å². The van der Waals surface area contributed by atoms with Crippen molar-refractivity contribution in [1.82, 2.24) is 9.97 Å². The van der Waals surface area contributed by atoms with Gasteiger partial charge in [0.1, 0.15) is 33.2 Å². The minimum Gasteiger partial charge on any atom is -0.494 e. The topological polar surface area (TPSA) is 109 Å². The van der Waals surface area contributed by atoms with Gasteiger partial charge in [0.25, 0.3) is 0 Å². The van der Waals surface area contributed by atoms with Crippen LogP contribution in [0.4, 0.5) is 17.1 Å². The highest BCUT2D eigenvalue weighted by Crippen LogP contribution is 2.43. The van der Waals surface area contributed by atoms with Crippen LogP contribution in [-0.4, -0.2) is 34.3 Å². The van der Waals surface area contributed by atoms with E-state index in [1.807, 2.05) is 18.5 Å². The molecule has 8 nitrogen and oxygen atoms in total. The summed E-state index contributed by atoms with van der Waals surface area (Å²) in [5, 5.41) is 20.1. The van der Waals surface area contributed by atoms with Crippen molar-refractivity contribution in [2.24, 2.45) is 0 Å². The molecule has 3 aromatic carbocycles. The fraction of sp³-hybridized carbons (Fsp3) is 0.250. The lowest BCUT2D eigenvalue weighted by molar-refractivity contribution is -0.132. The average molecular weight is 871 g/mol. The monoisotopic (exact) mass is 870 g/mol. The van der Waals surface area contributed by atoms with Crippen LogP contribution in [0.25, 0.3) is 46.0 Å². The van der Waals surface area contributed by atoms with Gasteiger partial charge in [-0.25, -0.2) is 14.8 Å². The largest absolute Gasteiger partial charge is 0.494 e. The first-order valence-electron chi connectivity index (χ1n) is 20.3. The molecule has 60 heavy (non-hydrogen) atoms. The van der Waals surface area contributed by atoms with E-state index in [0.717, 1.165) is 94.6 Å². The number of anilines is 3. The molecule has 0 saturated heterocycles. The van der Waals surface area contributed by atoms with Crippen LogP contribution >= 0.6 is 45.3 Å². The Kier molecular flexibility index (Phi) is 15.0. The molecule has 0 aliphatic rings. The number of aromatic nitrogens is 2. The van der Waals surface area contributed by atoms with Gasteiger partial charge >= 0.3 is 5.97 Å². The first-order valence-corrected chi connectivity index (χ1v) is 23.5. The number of aliphatic carboxylic acids is 1. The molecule has 0 atom stereocenters. The summed E-state index contributed by atoms with van der Waals surface area (Å²) in [5.41, 5.74) is 3.97. The van der Waals surface area contributed by atoms with Crippen molar-refractivity contribution in [3.05, 3.63) is 120 Å². The number of ether oxygens (including phenoxy) is 2. The zero-order chi connectivity index (χ0) is 41.7. The highest BCUT2D eigenvalue weighted by Gasteiger charge is 2.17. The number of carbonyl (C=O) groups is 1. The van der Waals surface area contributed by atoms with Crippen molar-refractivity contribution >= 4 is 74.5 Å². The molecule has 0 aliphatic heterocycles. The molecule has 0 bridgehead atoms. The lowest BCUT2D eigenvalue weighted by Gasteiger charge is -2.26. The van der Waals surface area contributed by atoms with Crippen molar-refractivity contribution in [3.8, 4) is 57.5 Å². The number of carboxylic acids is 1. The van der Waals surface area contributed by atoms with Crippen molar-refractivity contribution in [1.29, 1.82) is 5.26 Å². The Morgan fingerprint density at radius 1 is 0.617 bits per heavy atom. The first-order chi connectivity index (χ1) is 29.4. The zero-order valence-electron chi connectivity index (χ0n) is 33.6. The normalized spacial score (nSPS) is 11.4. The molecule has 0 spiro atoms. The lowest BCUT2D eigenvalue weighted by atomic mass is 10.1. The van der Waals surface area contributed by atoms with Gasteiger partial charge < -0.3 is 19.5 Å². The minimum absolute atomic E-state index is 0.298. The van der Waals surface area contributed by atoms with Crippen LogP contribution < -0.4 is 14.4 Å². The molecule has 12 heteroatoms. The smallest absolute Gasteiger partial charge is 0.346 e. The number of nitrogens with zero attached hydrogens (tertiary/aromatic N) is 4. The van der Waals surface area contributed by atoms with E-state index in [-0.39, 0.29) is 5.57 Å². The van der Waals surface area contributed by atoms with E-state index in [1.54, 1.807) is 46.1 Å². The van der Waals surface area contributed by atoms with Gasteiger partial charge in [0.05, 0.1) is 32.7 Å². The lowest BCUT2D eigenvalue weighted by Crippen LogP contribution is -2.10.